The molecule has 0 unspecified atom stereocenters. The van der Waals surface area contributed by atoms with Gasteiger partial charge in [0.15, 0.2) is 0 Å². The van der Waals surface area contributed by atoms with Crippen molar-refractivity contribution in [2.45, 2.75) is 45.7 Å². The summed E-state index contributed by atoms with van der Waals surface area (Å²) in [5.74, 6) is 0.720. The molecule has 1 fully saturated rings. The monoisotopic (exact) mass is 356 g/mol. The number of likely N-dealkylation sites (tertiary alicyclic amines) is 1. The van der Waals surface area contributed by atoms with Crippen LogP contribution in [0.3, 0.4) is 0 Å². The highest BCUT2D eigenvalue weighted by Gasteiger charge is 2.17. The number of tetrazole rings is 1. The third kappa shape index (κ3) is 4.65. The fourth-order valence-electron chi connectivity index (χ4n) is 3.00. The van der Waals surface area contributed by atoms with Crippen LogP contribution in [-0.2, 0) is 17.9 Å². The summed E-state index contributed by atoms with van der Waals surface area (Å²) in [6.07, 6.45) is 3.69. The number of hydrogen-bond acceptors (Lipinski definition) is 5. The summed E-state index contributed by atoms with van der Waals surface area (Å²) < 4.78 is 1.60. The zero-order valence-corrected chi connectivity index (χ0v) is 15.0. The van der Waals surface area contributed by atoms with Gasteiger partial charge in [0.2, 0.25) is 5.91 Å². The lowest BCUT2D eigenvalue weighted by Gasteiger charge is -2.26. The first-order chi connectivity index (χ1) is 12.6. The number of rotatable bonds is 6. The lowest BCUT2D eigenvalue weighted by Crippen LogP contribution is -2.35. The number of amides is 2. The molecule has 2 amide bonds. The highest BCUT2D eigenvalue weighted by atomic mass is 16.2. The zero-order valence-electron chi connectivity index (χ0n) is 15.0. The number of carbonyl (C=O) groups is 2. The van der Waals surface area contributed by atoms with E-state index < -0.39 is 0 Å². The van der Waals surface area contributed by atoms with Crippen molar-refractivity contribution in [3.8, 4) is 0 Å². The molecule has 0 atom stereocenters. The van der Waals surface area contributed by atoms with Gasteiger partial charge in [-0.15, -0.1) is 5.10 Å². The minimum atomic E-state index is -0.0617. The molecule has 1 N–H and O–H groups in total. The number of aryl methyl sites for hydroxylation is 2. The molecule has 1 saturated heterocycles. The smallest absolute Gasteiger partial charge is 0.253 e. The molecule has 8 nitrogen and oxygen atoms in total. The maximum absolute atomic E-state index is 12.4. The second kappa shape index (κ2) is 8.55. The second-order valence-corrected chi connectivity index (χ2v) is 6.53. The molecule has 0 bridgehead atoms. The molecule has 1 aliphatic heterocycles. The first-order valence-corrected chi connectivity index (χ1v) is 9.01. The minimum absolute atomic E-state index is 0.0617. The van der Waals surface area contributed by atoms with Gasteiger partial charge >= 0.3 is 0 Å². The van der Waals surface area contributed by atoms with Gasteiger partial charge in [-0.05, 0) is 54.3 Å². The quantitative estimate of drug-likeness (QED) is 0.842. The van der Waals surface area contributed by atoms with Crippen molar-refractivity contribution in [1.29, 1.82) is 0 Å². The second-order valence-electron chi connectivity index (χ2n) is 6.53. The third-order valence-corrected chi connectivity index (χ3v) is 4.60. The molecule has 1 aromatic heterocycles. The summed E-state index contributed by atoms with van der Waals surface area (Å²) >= 11 is 0. The van der Waals surface area contributed by atoms with Gasteiger partial charge < -0.3 is 10.2 Å². The SMILES string of the molecule is Cc1nnnn1CCC(=O)NCc1ccc(C(=O)N2CCCCC2)cc1. The van der Waals surface area contributed by atoms with E-state index in [0.717, 1.165) is 31.5 Å². The van der Waals surface area contributed by atoms with E-state index >= 15 is 0 Å². The van der Waals surface area contributed by atoms with Crippen LogP contribution < -0.4 is 5.32 Å². The molecule has 26 heavy (non-hydrogen) atoms. The van der Waals surface area contributed by atoms with Crippen LogP contribution in [0.2, 0.25) is 0 Å². The Bertz CT molecular complexity index is 749. The Hall–Kier alpha value is -2.77. The average Bonchev–Trinajstić information content (AvgIpc) is 3.10. The Labute approximate surface area is 152 Å². The number of aromatic nitrogens is 4. The van der Waals surface area contributed by atoms with Crippen LogP contribution >= 0.6 is 0 Å². The van der Waals surface area contributed by atoms with Crippen LogP contribution in [0.5, 0.6) is 0 Å². The van der Waals surface area contributed by atoms with Crippen molar-refractivity contribution in [3.05, 3.63) is 41.2 Å². The van der Waals surface area contributed by atoms with E-state index in [1.165, 1.54) is 6.42 Å². The molecule has 1 aromatic carbocycles. The van der Waals surface area contributed by atoms with E-state index in [-0.39, 0.29) is 11.8 Å². The normalized spacial score (nSPS) is 14.3. The first kappa shape index (κ1) is 18.0. The van der Waals surface area contributed by atoms with E-state index in [9.17, 15) is 9.59 Å². The maximum Gasteiger partial charge on any atom is 0.253 e. The lowest BCUT2D eigenvalue weighted by atomic mass is 10.1. The summed E-state index contributed by atoms with van der Waals surface area (Å²) in [7, 11) is 0. The molecular weight excluding hydrogens is 332 g/mol. The van der Waals surface area contributed by atoms with E-state index in [1.54, 1.807) is 11.6 Å². The van der Waals surface area contributed by atoms with Gasteiger partial charge in [-0.3, -0.25) is 9.59 Å². The molecule has 1 aliphatic rings. The van der Waals surface area contributed by atoms with Crippen molar-refractivity contribution in [2.24, 2.45) is 0 Å². The van der Waals surface area contributed by atoms with Gasteiger partial charge in [0.05, 0.1) is 6.54 Å². The van der Waals surface area contributed by atoms with Crippen LogP contribution in [0.1, 0.15) is 47.4 Å². The van der Waals surface area contributed by atoms with Crippen LogP contribution in [0.4, 0.5) is 0 Å². The highest BCUT2D eigenvalue weighted by molar-refractivity contribution is 5.94. The van der Waals surface area contributed by atoms with E-state index in [2.05, 4.69) is 20.8 Å². The standard InChI is InChI=1S/C18H24N6O2/c1-14-20-21-22-24(14)12-9-17(25)19-13-15-5-7-16(8-6-15)18(26)23-10-3-2-4-11-23/h5-8H,2-4,9-13H2,1H3,(H,19,25). The van der Waals surface area contributed by atoms with Gasteiger partial charge in [0.25, 0.3) is 5.91 Å². The molecule has 8 heteroatoms. The summed E-state index contributed by atoms with van der Waals surface area (Å²) in [6.45, 7) is 4.37. The van der Waals surface area contributed by atoms with Crippen LogP contribution in [0, 0.1) is 6.92 Å². The number of nitrogens with one attached hydrogen (secondary N) is 1. The fraction of sp³-hybridized carbons (Fsp3) is 0.500. The fourth-order valence-corrected chi connectivity index (χ4v) is 3.00. The summed E-state index contributed by atoms with van der Waals surface area (Å²) in [5.41, 5.74) is 1.67. The Balaban J connectivity index is 1.45. The number of carbonyl (C=O) groups excluding carboxylic acids is 2. The van der Waals surface area contributed by atoms with Gasteiger partial charge in [0.1, 0.15) is 5.82 Å². The van der Waals surface area contributed by atoms with Crippen LogP contribution in [0.15, 0.2) is 24.3 Å². The van der Waals surface area contributed by atoms with Crippen molar-refractivity contribution < 1.29 is 9.59 Å². The highest BCUT2D eigenvalue weighted by Crippen LogP contribution is 2.14. The Morgan fingerprint density at radius 3 is 2.50 bits per heavy atom. The minimum Gasteiger partial charge on any atom is -0.352 e. The molecule has 0 aliphatic carbocycles. The van der Waals surface area contributed by atoms with Crippen molar-refractivity contribution in [1.82, 2.24) is 30.4 Å². The van der Waals surface area contributed by atoms with Gasteiger partial charge in [0, 0.05) is 31.6 Å². The summed E-state index contributed by atoms with van der Waals surface area (Å²) in [6, 6.07) is 7.46. The van der Waals surface area contributed by atoms with Gasteiger partial charge in [-0.1, -0.05) is 12.1 Å². The summed E-state index contributed by atoms with van der Waals surface area (Å²) in [5, 5.41) is 14.0. The number of benzene rings is 1. The summed E-state index contributed by atoms with van der Waals surface area (Å²) in [4.78, 5) is 26.3. The Morgan fingerprint density at radius 2 is 1.85 bits per heavy atom. The average molecular weight is 356 g/mol. The maximum atomic E-state index is 12.4. The molecular formula is C18H24N6O2. The molecule has 138 valence electrons. The lowest BCUT2D eigenvalue weighted by molar-refractivity contribution is -0.121. The predicted molar refractivity (Wildman–Crippen MR) is 95.2 cm³/mol. The number of hydrogen-bond donors (Lipinski definition) is 1. The molecule has 0 spiro atoms. The largest absolute Gasteiger partial charge is 0.352 e. The third-order valence-electron chi connectivity index (χ3n) is 4.60. The molecule has 0 radical (unpaired) electrons. The van der Waals surface area contributed by atoms with E-state index in [0.29, 0.717) is 30.9 Å². The van der Waals surface area contributed by atoms with Gasteiger partial charge in [-0.2, -0.15) is 0 Å². The van der Waals surface area contributed by atoms with Crippen molar-refractivity contribution >= 4 is 11.8 Å². The molecule has 2 aromatic rings. The van der Waals surface area contributed by atoms with Crippen LogP contribution in [-0.4, -0.2) is 50.0 Å². The first-order valence-electron chi connectivity index (χ1n) is 9.01. The topological polar surface area (TPSA) is 93.0 Å². The van der Waals surface area contributed by atoms with E-state index in [4.69, 9.17) is 0 Å². The molecule has 2 heterocycles. The Kier molecular flexibility index (Phi) is 5.93. The van der Waals surface area contributed by atoms with Crippen molar-refractivity contribution in [2.75, 3.05) is 13.1 Å². The zero-order chi connectivity index (χ0) is 18.4. The van der Waals surface area contributed by atoms with Gasteiger partial charge in [-0.25, -0.2) is 4.68 Å². The van der Waals surface area contributed by atoms with Crippen molar-refractivity contribution in [3.63, 3.8) is 0 Å². The predicted octanol–water partition coefficient (Wildman–Crippen LogP) is 1.31. The Morgan fingerprint density at radius 1 is 1.12 bits per heavy atom. The molecule has 0 saturated carbocycles. The number of piperidine rings is 1. The molecule has 3 rings (SSSR count). The van der Waals surface area contributed by atoms with Crippen LogP contribution in [0.25, 0.3) is 0 Å². The number of nitrogens with zero attached hydrogens (tertiary/aromatic N) is 5. The van der Waals surface area contributed by atoms with E-state index in [1.807, 2.05) is 29.2 Å².